The highest BCUT2D eigenvalue weighted by Gasteiger charge is 2.27. The highest BCUT2D eigenvalue weighted by molar-refractivity contribution is 9.09. The summed E-state index contributed by atoms with van der Waals surface area (Å²) in [5.74, 6) is 0.469. The first kappa shape index (κ1) is 14.4. The molecule has 1 rings (SSSR count). The molecule has 0 aromatic carbocycles. The van der Waals surface area contributed by atoms with Gasteiger partial charge in [0, 0.05) is 24.5 Å². The number of hydrogen-bond donors (Lipinski definition) is 1. The third kappa shape index (κ3) is 4.31. The number of hydrogen-bond acceptors (Lipinski definition) is 2. The maximum absolute atomic E-state index is 12.0. The van der Waals surface area contributed by atoms with Crippen LogP contribution in [0.1, 0.15) is 33.1 Å². The fourth-order valence-corrected chi connectivity index (χ4v) is 4.20. The van der Waals surface area contributed by atoms with Gasteiger partial charge in [0.2, 0.25) is 0 Å². The first-order valence-corrected chi connectivity index (χ1v) is 8.35. The van der Waals surface area contributed by atoms with Crippen LogP contribution in [0.4, 0.5) is 0 Å². The standard InChI is InChI=1S/C10H21BrN2O2S/c1-9-4-3-7-13(8-9)16(14,15)12-10(2)5-6-11/h9-10,12H,3-8H2,1-2H3. The first-order chi connectivity index (χ1) is 7.45. The van der Waals surface area contributed by atoms with E-state index in [4.69, 9.17) is 0 Å². The Bertz CT molecular complexity index is 308. The summed E-state index contributed by atoms with van der Waals surface area (Å²) in [6.07, 6.45) is 2.90. The van der Waals surface area contributed by atoms with Gasteiger partial charge in [-0.3, -0.25) is 0 Å². The van der Waals surface area contributed by atoms with Crippen molar-refractivity contribution >= 4 is 26.1 Å². The molecule has 0 aromatic rings. The highest BCUT2D eigenvalue weighted by atomic mass is 79.9. The van der Waals surface area contributed by atoms with Gasteiger partial charge in [-0.15, -0.1) is 0 Å². The molecule has 1 N–H and O–H groups in total. The fraction of sp³-hybridized carbons (Fsp3) is 1.00. The van der Waals surface area contributed by atoms with Crippen molar-refractivity contribution in [1.29, 1.82) is 0 Å². The van der Waals surface area contributed by atoms with E-state index < -0.39 is 10.2 Å². The quantitative estimate of drug-likeness (QED) is 0.786. The second kappa shape index (κ2) is 6.33. The van der Waals surface area contributed by atoms with Crippen molar-refractivity contribution in [2.75, 3.05) is 18.4 Å². The Hall–Kier alpha value is 0.350. The molecule has 96 valence electrons. The van der Waals surface area contributed by atoms with Gasteiger partial charge in [0.1, 0.15) is 0 Å². The number of rotatable bonds is 5. The van der Waals surface area contributed by atoms with E-state index in [1.165, 1.54) is 0 Å². The van der Waals surface area contributed by atoms with E-state index in [1.54, 1.807) is 4.31 Å². The third-order valence-corrected chi connectivity index (χ3v) is 5.02. The van der Waals surface area contributed by atoms with Gasteiger partial charge in [-0.25, -0.2) is 0 Å². The summed E-state index contributed by atoms with van der Waals surface area (Å²) in [7, 11) is -3.28. The zero-order chi connectivity index (χ0) is 12.2. The zero-order valence-corrected chi connectivity index (χ0v) is 12.3. The lowest BCUT2D eigenvalue weighted by atomic mass is 10.0. The lowest BCUT2D eigenvalue weighted by Crippen LogP contribution is -2.48. The monoisotopic (exact) mass is 312 g/mol. The van der Waals surface area contributed by atoms with Crippen molar-refractivity contribution in [3.05, 3.63) is 0 Å². The van der Waals surface area contributed by atoms with E-state index in [2.05, 4.69) is 27.6 Å². The Morgan fingerprint density at radius 2 is 2.25 bits per heavy atom. The average molecular weight is 313 g/mol. The molecule has 16 heavy (non-hydrogen) atoms. The Morgan fingerprint density at radius 1 is 1.56 bits per heavy atom. The molecule has 2 unspecified atom stereocenters. The van der Waals surface area contributed by atoms with E-state index in [0.29, 0.717) is 19.0 Å². The molecule has 0 aromatic heterocycles. The van der Waals surface area contributed by atoms with Crippen LogP contribution in [0.25, 0.3) is 0 Å². The Morgan fingerprint density at radius 3 is 2.81 bits per heavy atom. The van der Waals surface area contributed by atoms with Gasteiger partial charge in [-0.2, -0.15) is 17.4 Å². The van der Waals surface area contributed by atoms with Crippen LogP contribution in [0.2, 0.25) is 0 Å². The van der Waals surface area contributed by atoms with Crippen molar-refractivity contribution in [2.45, 2.75) is 39.2 Å². The minimum Gasteiger partial charge on any atom is -0.199 e. The molecule has 4 nitrogen and oxygen atoms in total. The fourth-order valence-electron chi connectivity index (χ4n) is 1.92. The van der Waals surface area contributed by atoms with Gasteiger partial charge in [0.05, 0.1) is 0 Å². The third-order valence-electron chi connectivity index (χ3n) is 2.85. The Balaban J connectivity index is 2.55. The molecule has 2 atom stereocenters. The normalized spacial score (nSPS) is 25.6. The molecular weight excluding hydrogens is 292 g/mol. The molecule has 1 fully saturated rings. The van der Waals surface area contributed by atoms with Gasteiger partial charge in [0.25, 0.3) is 10.2 Å². The van der Waals surface area contributed by atoms with Crippen LogP contribution in [0.15, 0.2) is 0 Å². The van der Waals surface area contributed by atoms with Crippen molar-refractivity contribution in [2.24, 2.45) is 5.92 Å². The molecule has 0 aliphatic carbocycles. The summed E-state index contributed by atoms with van der Waals surface area (Å²) in [5, 5.41) is 0.813. The number of nitrogens with zero attached hydrogens (tertiary/aromatic N) is 1. The summed E-state index contributed by atoms with van der Waals surface area (Å²) in [6, 6.07) is -0.0124. The number of alkyl halides is 1. The van der Waals surface area contributed by atoms with Crippen molar-refractivity contribution in [3.8, 4) is 0 Å². The van der Waals surface area contributed by atoms with E-state index >= 15 is 0 Å². The van der Waals surface area contributed by atoms with Crippen LogP contribution >= 0.6 is 15.9 Å². The first-order valence-electron chi connectivity index (χ1n) is 5.79. The SMILES string of the molecule is CC1CCCN(S(=O)(=O)NC(C)CCBr)C1. The van der Waals surface area contributed by atoms with Crippen molar-refractivity contribution in [3.63, 3.8) is 0 Å². The van der Waals surface area contributed by atoms with Crippen LogP contribution in [0.5, 0.6) is 0 Å². The van der Waals surface area contributed by atoms with Gasteiger partial charge >= 0.3 is 0 Å². The summed E-state index contributed by atoms with van der Waals surface area (Å²) in [6.45, 7) is 5.30. The maximum atomic E-state index is 12.0. The van der Waals surface area contributed by atoms with Crippen molar-refractivity contribution in [1.82, 2.24) is 9.03 Å². The van der Waals surface area contributed by atoms with E-state index in [-0.39, 0.29) is 6.04 Å². The van der Waals surface area contributed by atoms with Crippen LogP contribution in [0.3, 0.4) is 0 Å². The molecule has 1 saturated heterocycles. The molecule has 0 saturated carbocycles. The van der Waals surface area contributed by atoms with Gasteiger partial charge in [0.15, 0.2) is 0 Å². The summed E-state index contributed by atoms with van der Waals surface area (Å²) < 4.78 is 28.3. The molecule has 0 spiro atoms. The van der Waals surface area contributed by atoms with E-state index in [0.717, 1.165) is 24.6 Å². The molecule has 0 amide bonds. The van der Waals surface area contributed by atoms with E-state index in [9.17, 15) is 8.42 Å². The summed E-state index contributed by atoms with van der Waals surface area (Å²) in [4.78, 5) is 0. The molecule has 1 heterocycles. The zero-order valence-electron chi connectivity index (χ0n) is 9.95. The maximum Gasteiger partial charge on any atom is 0.279 e. The predicted molar refractivity (Wildman–Crippen MR) is 69.9 cm³/mol. The lowest BCUT2D eigenvalue weighted by Gasteiger charge is -2.31. The minimum absolute atomic E-state index is 0.0124. The minimum atomic E-state index is -3.28. The predicted octanol–water partition coefficient (Wildman–Crippen LogP) is 1.73. The van der Waals surface area contributed by atoms with Crippen LogP contribution in [-0.4, -0.2) is 37.2 Å². The number of halogens is 1. The molecule has 6 heteroatoms. The van der Waals surface area contributed by atoms with Crippen LogP contribution < -0.4 is 4.72 Å². The highest BCUT2D eigenvalue weighted by Crippen LogP contribution is 2.18. The Labute approximate surface area is 107 Å². The number of piperidine rings is 1. The topological polar surface area (TPSA) is 49.4 Å². The molecule has 1 aliphatic heterocycles. The largest absolute Gasteiger partial charge is 0.279 e. The second-order valence-corrected chi connectivity index (χ2v) is 7.10. The molecular formula is C10H21BrN2O2S. The van der Waals surface area contributed by atoms with Crippen molar-refractivity contribution < 1.29 is 8.42 Å². The van der Waals surface area contributed by atoms with Gasteiger partial charge < -0.3 is 0 Å². The van der Waals surface area contributed by atoms with E-state index in [1.807, 2.05) is 6.92 Å². The second-order valence-electron chi connectivity index (χ2n) is 4.61. The smallest absolute Gasteiger partial charge is 0.199 e. The van der Waals surface area contributed by atoms with Crippen LogP contribution in [0, 0.1) is 5.92 Å². The number of nitrogens with one attached hydrogen (secondary N) is 1. The Kier molecular flexibility index (Phi) is 5.70. The summed E-state index contributed by atoms with van der Waals surface area (Å²) in [5.41, 5.74) is 0. The molecule has 0 radical (unpaired) electrons. The average Bonchev–Trinajstić information content (AvgIpc) is 2.17. The van der Waals surface area contributed by atoms with Crippen LogP contribution in [-0.2, 0) is 10.2 Å². The summed E-state index contributed by atoms with van der Waals surface area (Å²) >= 11 is 3.31. The lowest BCUT2D eigenvalue weighted by molar-refractivity contribution is 0.277. The molecule has 0 bridgehead atoms. The molecule has 1 aliphatic rings. The van der Waals surface area contributed by atoms with Gasteiger partial charge in [-0.1, -0.05) is 22.9 Å². The van der Waals surface area contributed by atoms with Gasteiger partial charge in [-0.05, 0) is 32.1 Å².